The van der Waals surface area contributed by atoms with E-state index in [1.165, 1.54) is 0 Å². The van der Waals surface area contributed by atoms with Gasteiger partial charge in [-0.15, -0.1) is 0 Å². The van der Waals surface area contributed by atoms with Gasteiger partial charge < -0.3 is 9.84 Å². The Balaban J connectivity index is 1.87. The summed E-state index contributed by atoms with van der Waals surface area (Å²) >= 11 is 6.12. The topological polar surface area (TPSA) is 51.0 Å². The van der Waals surface area contributed by atoms with E-state index in [-0.39, 0.29) is 0 Å². The van der Waals surface area contributed by atoms with Crippen molar-refractivity contribution in [1.29, 1.82) is 0 Å². The Bertz CT molecular complexity index is 535. The van der Waals surface area contributed by atoms with Gasteiger partial charge in [0.25, 0.3) is 0 Å². The minimum Gasteiger partial charge on any atom is -0.339 e. The molecule has 5 heteroatoms. The molecule has 0 spiro atoms. The molecule has 2 aromatic rings. The van der Waals surface area contributed by atoms with E-state index in [4.69, 9.17) is 16.1 Å². The van der Waals surface area contributed by atoms with Crippen LogP contribution in [0.25, 0.3) is 11.4 Å². The molecule has 94 valence electrons. The Hall–Kier alpha value is -1.39. The summed E-state index contributed by atoms with van der Waals surface area (Å²) in [6.07, 6.45) is 2.24. The number of hydrogen-bond acceptors (Lipinski definition) is 4. The maximum Gasteiger partial charge on any atom is 0.231 e. The lowest BCUT2D eigenvalue weighted by Gasteiger charge is -2.18. The molecule has 0 radical (unpaired) electrons. The van der Waals surface area contributed by atoms with Crippen molar-refractivity contribution >= 4 is 11.6 Å². The Morgan fingerprint density at radius 1 is 1.33 bits per heavy atom. The molecule has 4 nitrogen and oxygen atoms in total. The smallest absolute Gasteiger partial charge is 0.231 e. The maximum absolute atomic E-state index is 6.12. The van der Waals surface area contributed by atoms with E-state index in [0.29, 0.717) is 22.7 Å². The van der Waals surface area contributed by atoms with Gasteiger partial charge in [0.1, 0.15) is 0 Å². The van der Waals surface area contributed by atoms with Gasteiger partial charge in [0.05, 0.1) is 10.9 Å². The zero-order chi connectivity index (χ0) is 12.4. The molecule has 18 heavy (non-hydrogen) atoms. The third-order valence-electron chi connectivity index (χ3n) is 3.20. The number of nitrogens with one attached hydrogen (secondary N) is 1. The molecule has 3 rings (SSSR count). The van der Waals surface area contributed by atoms with Gasteiger partial charge in [-0.3, -0.25) is 0 Å². The summed E-state index contributed by atoms with van der Waals surface area (Å²) in [6.45, 7) is 1.98. The van der Waals surface area contributed by atoms with Gasteiger partial charge in [0.2, 0.25) is 11.7 Å². The van der Waals surface area contributed by atoms with Crippen LogP contribution in [-0.2, 0) is 0 Å². The molecule has 1 saturated heterocycles. The normalized spacial score (nSPS) is 19.9. The number of nitrogens with zero attached hydrogens (tertiary/aromatic N) is 2. The van der Waals surface area contributed by atoms with Crippen LogP contribution < -0.4 is 5.32 Å². The summed E-state index contributed by atoms with van der Waals surface area (Å²) < 4.78 is 5.35. The van der Waals surface area contributed by atoms with E-state index >= 15 is 0 Å². The first kappa shape index (κ1) is 11.7. The quantitative estimate of drug-likeness (QED) is 0.905. The lowest BCUT2D eigenvalue weighted by Crippen LogP contribution is -2.28. The number of hydrogen-bond donors (Lipinski definition) is 1. The van der Waals surface area contributed by atoms with Crippen molar-refractivity contribution in [2.45, 2.75) is 18.8 Å². The van der Waals surface area contributed by atoms with Crippen molar-refractivity contribution in [3.05, 3.63) is 35.2 Å². The van der Waals surface area contributed by atoms with E-state index in [0.717, 1.165) is 31.5 Å². The van der Waals surface area contributed by atoms with Gasteiger partial charge in [-0.1, -0.05) is 28.9 Å². The molecule has 1 N–H and O–H groups in total. The first-order chi connectivity index (χ1) is 8.84. The van der Waals surface area contributed by atoms with E-state index in [9.17, 15) is 0 Å². The third-order valence-corrected chi connectivity index (χ3v) is 3.53. The lowest BCUT2D eigenvalue weighted by atomic mass is 10.00. The molecule has 0 unspecified atom stereocenters. The molecule has 1 aromatic carbocycles. The van der Waals surface area contributed by atoms with Crippen LogP contribution in [0.1, 0.15) is 24.7 Å². The third kappa shape index (κ3) is 2.26. The highest BCUT2D eigenvalue weighted by Gasteiger charge is 2.22. The number of piperidine rings is 1. The second-order valence-corrected chi connectivity index (χ2v) is 4.89. The molecule has 0 aliphatic carbocycles. The molecule has 0 bridgehead atoms. The van der Waals surface area contributed by atoms with Crippen LogP contribution in [0, 0.1) is 0 Å². The maximum atomic E-state index is 6.12. The number of rotatable bonds is 2. The molecular weight excluding hydrogens is 250 g/mol. The summed E-state index contributed by atoms with van der Waals surface area (Å²) in [5.41, 5.74) is 0.818. The average molecular weight is 264 g/mol. The highest BCUT2D eigenvalue weighted by Crippen LogP contribution is 2.28. The van der Waals surface area contributed by atoms with Crippen LogP contribution in [0.15, 0.2) is 28.8 Å². The molecule has 0 saturated carbocycles. The van der Waals surface area contributed by atoms with E-state index in [2.05, 4.69) is 15.5 Å². The monoisotopic (exact) mass is 263 g/mol. The van der Waals surface area contributed by atoms with Gasteiger partial charge in [-0.25, -0.2) is 0 Å². The molecule has 2 heterocycles. The lowest BCUT2D eigenvalue weighted by molar-refractivity contribution is 0.322. The molecule has 1 aromatic heterocycles. The zero-order valence-corrected chi connectivity index (χ0v) is 10.7. The first-order valence-corrected chi connectivity index (χ1v) is 6.51. The molecule has 1 aliphatic heterocycles. The van der Waals surface area contributed by atoms with Gasteiger partial charge in [-0.05, 0) is 31.5 Å². The summed E-state index contributed by atoms with van der Waals surface area (Å²) in [6, 6.07) is 7.53. The second kappa shape index (κ2) is 5.08. The molecular formula is C13H14ClN3O. The van der Waals surface area contributed by atoms with Crippen LogP contribution in [0.3, 0.4) is 0 Å². The van der Waals surface area contributed by atoms with Crippen LogP contribution >= 0.6 is 11.6 Å². The summed E-state index contributed by atoms with van der Waals surface area (Å²) in [4.78, 5) is 4.46. The SMILES string of the molecule is Clc1ccccc1-c1noc([C@@H]2CCCNC2)n1. The number of benzene rings is 1. The largest absolute Gasteiger partial charge is 0.339 e. The van der Waals surface area contributed by atoms with Crippen LogP contribution in [0.4, 0.5) is 0 Å². The van der Waals surface area contributed by atoms with E-state index in [1.807, 2.05) is 24.3 Å². The van der Waals surface area contributed by atoms with Gasteiger partial charge in [0.15, 0.2) is 0 Å². The highest BCUT2D eigenvalue weighted by atomic mass is 35.5. The van der Waals surface area contributed by atoms with Crippen molar-refractivity contribution in [2.75, 3.05) is 13.1 Å². The minimum absolute atomic E-state index is 0.322. The summed E-state index contributed by atoms with van der Waals surface area (Å²) in [5, 5.41) is 8.01. The highest BCUT2D eigenvalue weighted by molar-refractivity contribution is 6.33. The van der Waals surface area contributed by atoms with Crippen molar-refractivity contribution < 1.29 is 4.52 Å². The molecule has 1 aliphatic rings. The average Bonchev–Trinajstić information content (AvgIpc) is 2.90. The van der Waals surface area contributed by atoms with Gasteiger partial charge in [-0.2, -0.15) is 4.98 Å². The Labute approximate surface area is 110 Å². The molecule has 0 amide bonds. The van der Waals surface area contributed by atoms with Crippen LogP contribution in [-0.4, -0.2) is 23.2 Å². The fraction of sp³-hybridized carbons (Fsp3) is 0.385. The Morgan fingerprint density at radius 2 is 2.22 bits per heavy atom. The fourth-order valence-electron chi connectivity index (χ4n) is 2.22. The zero-order valence-electron chi connectivity index (χ0n) is 9.90. The second-order valence-electron chi connectivity index (χ2n) is 4.48. The van der Waals surface area contributed by atoms with E-state index in [1.54, 1.807) is 0 Å². The Kier molecular flexibility index (Phi) is 3.30. The van der Waals surface area contributed by atoms with Crippen LogP contribution in [0.5, 0.6) is 0 Å². The standard InChI is InChI=1S/C13H14ClN3O/c14-11-6-2-1-5-10(11)12-16-13(18-17-12)9-4-3-7-15-8-9/h1-2,5-6,9,15H,3-4,7-8H2/t9-/m1/s1. The van der Waals surface area contributed by atoms with Gasteiger partial charge >= 0.3 is 0 Å². The first-order valence-electron chi connectivity index (χ1n) is 6.14. The van der Waals surface area contributed by atoms with Crippen LogP contribution in [0.2, 0.25) is 5.02 Å². The molecule has 1 atom stereocenters. The number of halogens is 1. The van der Waals surface area contributed by atoms with Crippen molar-refractivity contribution in [3.63, 3.8) is 0 Å². The summed E-state index contributed by atoms with van der Waals surface area (Å²) in [5.74, 6) is 1.60. The summed E-state index contributed by atoms with van der Waals surface area (Å²) in [7, 11) is 0. The van der Waals surface area contributed by atoms with Gasteiger partial charge in [0, 0.05) is 12.1 Å². The van der Waals surface area contributed by atoms with Crippen molar-refractivity contribution in [1.82, 2.24) is 15.5 Å². The van der Waals surface area contributed by atoms with Crippen molar-refractivity contribution in [3.8, 4) is 11.4 Å². The number of aromatic nitrogens is 2. The predicted molar refractivity (Wildman–Crippen MR) is 69.6 cm³/mol. The molecule has 1 fully saturated rings. The predicted octanol–water partition coefficient (Wildman–Crippen LogP) is 2.86. The Morgan fingerprint density at radius 3 is 3.00 bits per heavy atom. The van der Waals surface area contributed by atoms with Crippen molar-refractivity contribution in [2.24, 2.45) is 0 Å². The fourth-order valence-corrected chi connectivity index (χ4v) is 2.44. The van der Waals surface area contributed by atoms with E-state index < -0.39 is 0 Å². The minimum atomic E-state index is 0.322.